The number of ether oxygens (including phenoxy) is 3. The summed E-state index contributed by atoms with van der Waals surface area (Å²) in [5, 5.41) is 0.290. The Morgan fingerprint density at radius 1 is 1.00 bits per heavy atom. The maximum absolute atomic E-state index is 12.6. The van der Waals surface area contributed by atoms with E-state index in [1.54, 1.807) is 42.5 Å². The molecule has 31 heavy (non-hydrogen) atoms. The van der Waals surface area contributed by atoms with Gasteiger partial charge < -0.3 is 18.6 Å². The van der Waals surface area contributed by atoms with Crippen LogP contribution in [0.15, 0.2) is 69.9 Å². The van der Waals surface area contributed by atoms with E-state index in [2.05, 4.69) is 6.92 Å². The third-order valence-corrected chi connectivity index (χ3v) is 4.20. The summed E-state index contributed by atoms with van der Waals surface area (Å²) in [7, 11) is 0. The SMILES string of the molecule is CCC=CCCOc1ccc2c(OC(=O)c3ccccc3)c(OC(C)=O)c(=O)oc2c1. The van der Waals surface area contributed by atoms with Crippen LogP contribution in [0.1, 0.15) is 37.0 Å². The zero-order valence-corrected chi connectivity index (χ0v) is 17.3. The van der Waals surface area contributed by atoms with Crippen LogP contribution in [0.2, 0.25) is 0 Å². The average Bonchev–Trinajstić information content (AvgIpc) is 2.76. The predicted octanol–water partition coefficient (Wildman–Crippen LogP) is 4.67. The normalized spacial score (nSPS) is 10.9. The second-order valence-electron chi connectivity index (χ2n) is 6.57. The van der Waals surface area contributed by atoms with E-state index < -0.39 is 23.3 Å². The van der Waals surface area contributed by atoms with Gasteiger partial charge in [-0.25, -0.2) is 9.59 Å². The summed E-state index contributed by atoms with van der Waals surface area (Å²) in [5.74, 6) is -1.64. The highest BCUT2D eigenvalue weighted by Gasteiger charge is 2.23. The van der Waals surface area contributed by atoms with Crippen molar-refractivity contribution in [1.29, 1.82) is 0 Å². The van der Waals surface area contributed by atoms with Gasteiger partial charge in [0.1, 0.15) is 11.3 Å². The first-order valence-electron chi connectivity index (χ1n) is 9.84. The number of benzene rings is 2. The molecule has 0 saturated heterocycles. The van der Waals surface area contributed by atoms with Crippen LogP contribution in [0, 0.1) is 0 Å². The molecule has 7 nitrogen and oxygen atoms in total. The summed E-state index contributed by atoms with van der Waals surface area (Å²) in [5.41, 5.74) is -0.530. The minimum atomic E-state index is -0.943. The zero-order chi connectivity index (χ0) is 22.2. The van der Waals surface area contributed by atoms with Gasteiger partial charge in [-0.15, -0.1) is 0 Å². The lowest BCUT2D eigenvalue weighted by Gasteiger charge is -2.12. The van der Waals surface area contributed by atoms with Gasteiger partial charge in [-0.1, -0.05) is 37.3 Å². The third kappa shape index (κ3) is 5.60. The van der Waals surface area contributed by atoms with Crippen molar-refractivity contribution < 1.29 is 28.2 Å². The smallest absolute Gasteiger partial charge is 0.383 e. The number of esters is 2. The fourth-order valence-corrected chi connectivity index (χ4v) is 2.81. The molecule has 0 aliphatic carbocycles. The Morgan fingerprint density at radius 2 is 1.77 bits per heavy atom. The standard InChI is InChI=1S/C24H22O7/c1-3-4-5-9-14-28-18-12-13-19-20(15-18)30-24(27)22(29-16(2)25)21(19)31-23(26)17-10-7-6-8-11-17/h4-8,10-13,15H,3,9,14H2,1-2H3. The third-order valence-electron chi connectivity index (χ3n) is 4.20. The Kier molecular flexibility index (Phi) is 7.22. The molecule has 0 bridgehead atoms. The van der Waals surface area contributed by atoms with Crippen LogP contribution in [-0.4, -0.2) is 18.5 Å². The molecule has 0 saturated carbocycles. The van der Waals surface area contributed by atoms with Crippen molar-refractivity contribution in [2.45, 2.75) is 26.7 Å². The minimum absolute atomic E-state index is 0.137. The number of hydrogen-bond acceptors (Lipinski definition) is 7. The molecule has 160 valence electrons. The molecule has 1 aromatic heterocycles. The van der Waals surface area contributed by atoms with E-state index in [9.17, 15) is 14.4 Å². The first-order valence-corrected chi connectivity index (χ1v) is 9.84. The maximum Gasteiger partial charge on any atom is 0.383 e. The van der Waals surface area contributed by atoms with E-state index in [1.807, 2.05) is 12.2 Å². The van der Waals surface area contributed by atoms with Crippen molar-refractivity contribution in [1.82, 2.24) is 0 Å². The molecule has 0 fully saturated rings. The van der Waals surface area contributed by atoms with Gasteiger partial charge in [0.25, 0.3) is 5.75 Å². The topological polar surface area (TPSA) is 92.0 Å². The lowest BCUT2D eigenvalue weighted by molar-refractivity contribution is -0.132. The van der Waals surface area contributed by atoms with Crippen LogP contribution >= 0.6 is 0 Å². The van der Waals surface area contributed by atoms with Crippen LogP contribution in [0.4, 0.5) is 0 Å². The fraction of sp³-hybridized carbons (Fsp3) is 0.208. The molecule has 2 aromatic carbocycles. The lowest BCUT2D eigenvalue weighted by atomic mass is 10.2. The Balaban J connectivity index is 1.98. The van der Waals surface area contributed by atoms with Crippen molar-refractivity contribution in [3.8, 4) is 17.2 Å². The predicted molar refractivity (Wildman–Crippen MR) is 115 cm³/mol. The van der Waals surface area contributed by atoms with Gasteiger partial charge in [-0.05, 0) is 37.1 Å². The monoisotopic (exact) mass is 422 g/mol. The molecule has 0 N–H and O–H groups in total. The number of rotatable bonds is 8. The minimum Gasteiger partial charge on any atom is -0.493 e. The summed E-state index contributed by atoms with van der Waals surface area (Å²) in [6, 6.07) is 13.0. The van der Waals surface area contributed by atoms with E-state index in [4.69, 9.17) is 18.6 Å². The van der Waals surface area contributed by atoms with Crippen molar-refractivity contribution >= 4 is 22.9 Å². The van der Waals surface area contributed by atoms with E-state index in [-0.39, 0.29) is 16.9 Å². The molecular weight excluding hydrogens is 400 g/mol. The Hall–Kier alpha value is -3.87. The zero-order valence-electron chi connectivity index (χ0n) is 17.3. The molecule has 0 amide bonds. The van der Waals surface area contributed by atoms with E-state index in [1.165, 1.54) is 6.07 Å². The molecule has 3 rings (SSSR count). The second-order valence-corrected chi connectivity index (χ2v) is 6.57. The van der Waals surface area contributed by atoms with Crippen molar-refractivity contribution in [3.05, 3.63) is 76.7 Å². The first kappa shape index (κ1) is 21.8. The number of fused-ring (bicyclic) bond motifs is 1. The van der Waals surface area contributed by atoms with Gasteiger partial charge in [0.2, 0.25) is 0 Å². The number of carbonyl (C=O) groups is 2. The quantitative estimate of drug-likeness (QED) is 0.225. The van der Waals surface area contributed by atoms with E-state index in [0.29, 0.717) is 17.7 Å². The number of allylic oxidation sites excluding steroid dienone is 1. The van der Waals surface area contributed by atoms with Crippen LogP contribution in [0.5, 0.6) is 17.2 Å². The lowest BCUT2D eigenvalue weighted by Crippen LogP contribution is -2.16. The summed E-state index contributed by atoms with van der Waals surface area (Å²) < 4.78 is 21.4. The molecule has 0 atom stereocenters. The molecule has 0 spiro atoms. The molecule has 0 unspecified atom stereocenters. The highest BCUT2D eigenvalue weighted by Crippen LogP contribution is 2.35. The van der Waals surface area contributed by atoms with Gasteiger partial charge in [-0.2, -0.15) is 0 Å². The maximum atomic E-state index is 12.6. The number of hydrogen-bond donors (Lipinski definition) is 0. The molecule has 0 radical (unpaired) electrons. The average molecular weight is 422 g/mol. The largest absolute Gasteiger partial charge is 0.493 e. The van der Waals surface area contributed by atoms with Gasteiger partial charge >= 0.3 is 17.6 Å². The van der Waals surface area contributed by atoms with Crippen LogP contribution in [-0.2, 0) is 4.79 Å². The van der Waals surface area contributed by atoms with Gasteiger partial charge in [-0.3, -0.25) is 4.79 Å². The van der Waals surface area contributed by atoms with Crippen molar-refractivity contribution in [2.24, 2.45) is 0 Å². The summed E-state index contributed by atoms with van der Waals surface area (Å²) in [6.07, 6.45) is 5.76. The first-order chi connectivity index (χ1) is 15.0. The summed E-state index contributed by atoms with van der Waals surface area (Å²) in [4.78, 5) is 36.5. The highest BCUT2D eigenvalue weighted by molar-refractivity contribution is 5.95. The number of carbonyl (C=O) groups excluding carboxylic acids is 2. The molecular formula is C24H22O7. The van der Waals surface area contributed by atoms with Crippen LogP contribution in [0.3, 0.4) is 0 Å². The van der Waals surface area contributed by atoms with E-state index in [0.717, 1.165) is 19.8 Å². The Labute approximate surface area is 178 Å². The second kappa shape index (κ2) is 10.2. The van der Waals surface area contributed by atoms with Crippen molar-refractivity contribution in [3.63, 3.8) is 0 Å². The molecule has 1 heterocycles. The van der Waals surface area contributed by atoms with Crippen LogP contribution < -0.4 is 19.8 Å². The van der Waals surface area contributed by atoms with Crippen LogP contribution in [0.25, 0.3) is 11.0 Å². The Bertz CT molecular complexity index is 1160. The summed E-state index contributed by atoms with van der Waals surface area (Å²) in [6.45, 7) is 3.64. The Morgan fingerprint density at radius 3 is 2.48 bits per heavy atom. The van der Waals surface area contributed by atoms with Gasteiger partial charge in [0.15, 0.2) is 5.75 Å². The molecule has 7 heteroatoms. The molecule has 0 aliphatic rings. The van der Waals surface area contributed by atoms with E-state index >= 15 is 0 Å². The fourth-order valence-electron chi connectivity index (χ4n) is 2.81. The molecule has 3 aromatic rings. The highest BCUT2D eigenvalue weighted by atomic mass is 16.6. The molecule has 0 aliphatic heterocycles. The van der Waals surface area contributed by atoms with Crippen molar-refractivity contribution in [2.75, 3.05) is 6.61 Å². The van der Waals surface area contributed by atoms with Gasteiger partial charge in [0.05, 0.1) is 17.6 Å². The van der Waals surface area contributed by atoms with Gasteiger partial charge in [0, 0.05) is 13.0 Å². The summed E-state index contributed by atoms with van der Waals surface area (Å²) >= 11 is 0.